The van der Waals surface area contributed by atoms with Crippen molar-refractivity contribution in [1.82, 2.24) is 0 Å². The Hall–Kier alpha value is -2.22. The number of ether oxygens (including phenoxy) is 2. The normalized spacial score (nSPS) is 9.95. The van der Waals surface area contributed by atoms with Gasteiger partial charge in [-0.3, -0.25) is 0 Å². The van der Waals surface area contributed by atoms with Gasteiger partial charge in [0.2, 0.25) is 0 Å². The first-order valence-corrected chi connectivity index (χ1v) is 6.28. The monoisotopic (exact) mass is 254 g/mol. The second kappa shape index (κ2) is 6.64. The molecule has 0 amide bonds. The summed E-state index contributed by atoms with van der Waals surface area (Å²) in [5.74, 6) is 1.52. The van der Waals surface area contributed by atoms with Crippen molar-refractivity contribution in [3.05, 3.63) is 72.3 Å². The molecular weight excluding hydrogens is 236 g/mol. The quantitative estimate of drug-likeness (QED) is 0.725. The SMILES string of the molecule is C=CCc1ccc(OCc2ccccc2)c(OC)c1. The first-order chi connectivity index (χ1) is 9.33. The molecule has 0 aliphatic carbocycles. The molecule has 2 heteroatoms. The summed E-state index contributed by atoms with van der Waals surface area (Å²) >= 11 is 0. The van der Waals surface area contributed by atoms with Crippen LogP contribution in [0.25, 0.3) is 0 Å². The van der Waals surface area contributed by atoms with E-state index in [9.17, 15) is 0 Å². The third kappa shape index (κ3) is 3.62. The maximum absolute atomic E-state index is 5.80. The molecule has 0 bridgehead atoms. The van der Waals surface area contributed by atoms with E-state index in [1.54, 1.807) is 7.11 Å². The van der Waals surface area contributed by atoms with Gasteiger partial charge in [-0.15, -0.1) is 6.58 Å². The Morgan fingerprint density at radius 3 is 2.47 bits per heavy atom. The van der Waals surface area contributed by atoms with Gasteiger partial charge in [-0.1, -0.05) is 42.5 Å². The molecule has 0 unspecified atom stereocenters. The number of allylic oxidation sites excluding steroid dienone is 1. The van der Waals surface area contributed by atoms with Crippen molar-refractivity contribution in [1.29, 1.82) is 0 Å². The predicted molar refractivity (Wildman–Crippen MR) is 77.7 cm³/mol. The molecule has 0 aliphatic rings. The van der Waals surface area contributed by atoms with E-state index in [4.69, 9.17) is 9.47 Å². The summed E-state index contributed by atoms with van der Waals surface area (Å²) in [5, 5.41) is 0. The molecule has 0 aliphatic heterocycles. The van der Waals surface area contributed by atoms with Gasteiger partial charge in [0.15, 0.2) is 11.5 Å². The Balaban J connectivity index is 2.09. The minimum atomic E-state index is 0.540. The number of benzene rings is 2. The highest BCUT2D eigenvalue weighted by atomic mass is 16.5. The second-order valence-corrected chi connectivity index (χ2v) is 4.25. The van der Waals surface area contributed by atoms with Crippen LogP contribution in [0.15, 0.2) is 61.2 Å². The summed E-state index contributed by atoms with van der Waals surface area (Å²) < 4.78 is 11.2. The minimum absolute atomic E-state index is 0.540. The Bertz CT molecular complexity index is 532. The van der Waals surface area contributed by atoms with Crippen LogP contribution in [0.4, 0.5) is 0 Å². The summed E-state index contributed by atoms with van der Waals surface area (Å²) in [5.41, 5.74) is 2.30. The molecule has 0 saturated heterocycles. The molecule has 0 atom stereocenters. The van der Waals surface area contributed by atoms with Gasteiger partial charge in [0, 0.05) is 0 Å². The maximum Gasteiger partial charge on any atom is 0.161 e. The van der Waals surface area contributed by atoms with E-state index in [0.29, 0.717) is 6.61 Å². The first-order valence-electron chi connectivity index (χ1n) is 6.28. The molecule has 2 rings (SSSR count). The molecular formula is C17H18O2. The molecule has 0 radical (unpaired) electrons. The van der Waals surface area contributed by atoms with E-state index in [0.717, 1.165) is 23.5 Å². The summed E-state index contributed by atoms with van der Waals surface area (Å²) in [4.78, 5) is 0. The smallest absolute Gasteiger partial charge is 0.161 e. The van der Waals surface area contributed by atoms with Crippen LogP contribution in [-0.4, -0.2) is 7.11 Å². The van der Waals surface area contributed by atoms with E-state index >= 15 is 0 Å². The van der Waals surface area contributed by atoms with Crippen LogP contribution in [0.1, 0.15) is 11.1 Å². The fourth-order valence-corrected chi connectivity index (χ4v) is 1.86. The van der Waals surface area contributed by atoms with E-state index in [-0.39, 0.29) is 0 Å². The fourth-order valence-electron chi connectivity index (χ4n) is 1.86. The fraction of sp³-hybridized carbons (Fsp3) is 0.176. The lowest BCUT2D eigenvalue weighted by Crippen LogP contribution is -1.98. The topological polar surface area (TPSA) is 18.5 Å². The van der Waals surface area contributed by atoms with Crippen molar-refractivity contribution in [2.75, 3.05) is 7.11 Å². The van der Waals surface area contributed by atoms with Gasteiger partial charge in [0.25, 0.3) is 0 Å². The summed E-state index contributed by atoms with van der Waals surface area (Å²) in [7, 11) is 1.66. The Labute approximate surface area is 114 Å². The highest BCUT2D eigenvalue weighted by molar-refractivity contribution is 5.43. The van der Waals surface area contributed by atoms with Crippen LogP contribution in [0.3, 0.4) is 0 Å². The Morgan fingerprint density at radius 1 is 1.00 bits per heavy atom. The van der Waals surface area contributed by atoms with Crippen LogP contribution in [-0.2, 0) is 13.0 Å². The molecule has 2 nitrogen and oxygen atoms in total. The van der Waals surface area contributed by atoms with Gasteiger partial charge < -0.3 is 9.47 Å². The van der Waals surface area contributed by atoms with E-state index < -0.39 is 0 Å². The summed E-state index contributed by atoms with van der Waals surface area (Å²) in [6.07, 6.45) is 2.70. The highest BCUT2D eigenvalue weighted by Gasteiger charge is 2.05. The van der Waals surface area contributed by atoms with Crippen LogP contribution >= 0.6 is 0 Å². The lowest BCUT2D eigenvalue weighted by Gasteiger charge is -2.11. The van der Waals surface area contributed by atoms with Gasteiger partial charge in [0.05, 0.1) is 7.11 Å². The summed E-state index contributed by atoms with van der Waals surface area (Å²) in [6.45, 7) is 4.28. The number of hydrogen-bond acceptors (Lipinski definition) is 2. The maximum atomic E-state index is 5.80. The lowest BCUT2D eigenvalue weighted by atomic mass is 10.1. The van der Waals surface area contributed by atoms with Gasteiger partial charge in [0.1, 0.15) is 6.61 Å². The number of methoxy groups -OCH3 is 1. The average molecular weight is 254 g/mol. The molecule has 0 heterocycles. The first kappa shape index (κ1) is 13.2. The zero-order valence-corrected chi connectivity index (χ0v) is 11.1. The van der Waals surface area contributed by atoms with E-state index in [1.807, 2.05) is 54.6 Å². The molecule has 2 aromatic carbocycles. The average Bonchev–Trinajstić information content (AvgIpc) is 2.47. The van der Waals surface area contributed by atoms with Gasteiger partial charge in [-0.05, 0) is 29.7 Å². The number of hydrogen-bond donors (Lipinski definition) is 0. The Morgan fingerprint density at radius 2 is 1.79 bits per heavy atom. The molecule has 0 fully saturated rings. The summed E-state index contributed by atoms with van der Waals surface area (Å²) in [6, 6.07) is 16.0. The number of rotatable bonds is 6. The van der Waals surface area contributed by atoms with Crippen molar-refractivity contribution < 1.29 is 9.47 Å². The van der Waals surface area contributed by atoms with Gasteiger partial charge >= 0.3 is 0 Å². The molecule has 98 valence electrons. The third-order valence-corrected chi connectivity index (χ3v) is 2.85. The van der Waals surface area contributed by atoms with Crippen LogP contribution in [0, 0.1) is 0 Å². The van der Waals surface area contributed by atoms with Crippen molar-refractivity contribution in [3.8, 4) is 11.5 Å². The predicted octanol–water partition coefficient (Wildman–Crippen LogP) is 4.00. The lowest BCUT2D eigenvalue weighted by molar-refractivity contribution is 0.284. The van der Waals surface area contributed by atoms with Crippen LogP contribution in [0.5, 0.6) is 11.5 Å². The van der Waals surface area contributed by atoms with Gasteiger partial charge in [-0.2, -0.15) is 0 Å². The van der Waals surface area contributed by atoms with E-state index in [2.05, 4.69) is 6.58 Å². The largest absolute Gasteiger partial charge is 0.493 e. The molecule has 0 saturated carbocycles. The van der Waals surface area contributed by atoms with Crippen molar-refractivity contribution in [2.45, 2.75) is 13.0 Å². The third-order valence-electron chi connectivity index (χ3n) is 2.85. The molecule has 0 aromatic heterocycles. The van der Waals surface area contributed by atoms with Crippen LogP contribution < -0.4 is 9.47 Å². The van der Waals surface area contributed by atoms with E-state index in [1.165, 1.54) is 5.56 Å². The highest BCUT2D eigenvalue weighted by Crippen LogP contribution is 2.29. The zero-order valence-electron chi connectivity index (χ0n) is 11.1. The Kier molecular flexibility index (Phi) is 4.62. The standard InChI is InChI=1S/C17H18O2/c1-3-7-14-10-11-16(17(12-14)18-2)19-13-15-8-5-4-6-9-15/h3-6,8-12H,1,7,13H2,2H3. The second-order valence-electron chi connectivity index (χ2n) is 4.25. The van der Waals surface area contributed by atoms with Crippen LogP contribution in [0.2, 0.25) is 0 Å². The molecule has 0 spiro atoms. The van der Waals surface area contributed by atoms with Crippen molar-refractivity contribution >= 4 is 0 Å². The molecule has 2 aromatic rings. The van der Waals surface area contributed by atoms with Crippen molar-refractivity contribution in [3.63, 3.8) is 0 Å². The minimum Gasteiger partial charge on any atom is -0.493 e. The molecule has 0 N–H and O–H groups in total. The van der Waals surface area contributed by atoms with Crippen molar-refractivity contribution in [2.24, 2.45) is 0 Å². The molecule has 19 heavy (non-hydrogen) atoms. The van der Waals surface area contributed by atoms with Gasteiger partial charge in [-0.25, -0.2) is 0 Å². The zero-order chi connectivity index (χ0) is 13.5.